The van der Waals surface area contributed by atoms with Crippen LogP contribution >= 0.6 is 11.6 Å². The second kappa shape index (κ2) is 6.48. The molecule has 5 heteroatoms. The third-order valence-electron chi connectivity index (χ3n) is 2.98. The summed E-state index contributed by atoms with van der Waals surface area (Å²) in [6, 6.07) is 7.44. The van der Waals surface area contributed by atoms with Gasteiger partial charge in [0, 0.05) is 5.02 Å². The molecule has 0 bridgehead atoms. The molecular formula is C14H17ClO4. The molecule has 0 N–H and O–H groups in total. The van der Waals surface area contributed by atoms with Gasteiger partial charge in [-0.05, 0) is 25.5 Å². The van der Waals surface area contributed by atoms with E-state index in [9.17, 15) is 4.79 Å². The predicted molar refractivity (Wildman–Crippen MR) is 71.0 cm³/mol. The van der Waals surface area contributed by atoms with Gasteiger partial charge in [-0.1, -0.05) is 29.8 Å². The van der Waals surface area contributed by atoms with Crippen molar-refractivity contribution in [3.63, 3.8) is 0 Å². The van der Waals surface area contributed by atoms with Crippen LogP contribution in [0.5, 0.6) is 0 Å². The Morgan fingerprint density at radius 1 is 1.47 bits per heavy atom. The molecule has 1 saturated heterocycles. The van der Waals surface area contributed by atoms with E-state index in [1.807, 2.05) is 18.2 Å². The summed E-state index contributed by atoms with van der Waals surface area (Å²) >= 11 is 6.05. The van der Waals surface area contributed by atoms with Crippen LogP contribution < -0.4 is 0 Å². The van der Waals surface area contributed by atoms with Gasteiger partial charge in [0.25, 0.3) is 0 Å². The van der Waals surface area contributed by atoms with E-state index < -0.39 is 12.2 Å². The number of carbonyl (C=O) groups is 1. The van der Waals surface area contributed by atoms with Gasteiger partial charge < -0.3 is 14.2 Å². The van der Waals surface area contributed by atoms with Gasteiger partial charge >= 0.3 is 0 Å². The van der Waals surface area contributed by atoms with Crippen LogP contribution in [0, 0.1) is 0 Å². The number of hydrogen-bond donors (Lipinski definition) is 0. The Bertz CT molecular complexity index is 449. The standard InChI is InChI=1S/C14H17ClO4/c1-9(16)14-13(8-17-10(2)19-14)18-7-11-5-3-4-6-12(11)15/h3-6,10,13-14H,7-8H2,1-2H3/t10-,13+,14+/m0/s1. The van der Waals surface area contributed by atoms with Crippen LogP contribution in [0.15, 0.2) is 24.3 Å². The second-order valence-electron chi connectivity index (χ2n) is 4.51. The van der Waals surface area contributed by atoms with Gasteiger partial charge in [-0.15, -0.1) is 0 Å². The van der Waals surface area contributed by atoms with E-state index in [0.29, 0.717) is 18.2 Å². The van der Waals surface area contributed by atoms with Crippen LogP contribution in [-0.4, -0.2) is 30.9 Å². The summed E-state index contributed by atoms with van der Waals surface area (Å²) in [5, 5.41) is 0.646. The van der Waals surface area contributed by atoms with Gasteiger partial charge in [-0.25, -0.2) is 0 Å². The van der Waals surface area contributed by atoms with E-state index in [1.165, 1.54) is 6.92 Å². The average Bonchev–Trinajstić information content (AvgIpc) is 2.38. The average molecular weight is 285 g/mol. The highest BCUT2D eigenvalue weighted by Gasteiger charge is 2.34. The molecule has 1 aliphatic heterocycles. The summed E-state index contributed by atoms with van der Waals surface area (Å²) in [5.74, 6) is -0.0562. The quantitative estimate of drug-likeness (QED) is 0.852. The third-order valence-corrected chi connectivity index (χ3v) is 3.35. The molecule has 0 aliphatic carbocycles. The second-order valence-corrected chi connectivity index (χ2v) is 4.92. The van der Waals surface area contributed by atoms with Gasteiger partial charge in [0.2, 0.25) is 0 Å². The maximum Gasteiger partial charge on any atom is 0.161 e. The fraction of sp³-hybridized carbons (Fsp3) is 0.500. The van der Waals surface area contributed by atoms with Gasteiger partial charge in [-0.3, -0.25) is 4.79 Å². The zero-order valence-electron chi connectivity index (χ0n) is 11.0. The lowest BCUT2D eigenvalue weighted by atomic mass is 10.1. The van der Waals surface area contributed by atoms with Gasteiger partial charge in [0.05, 0.1) is 13.2 Å². The number of ether oxygens (including phenoxy) is 3. The Labute approximate surface area is 117 Å². The SMILES string of the molecule is CC(=O)[C@H]1O[C@@H](C)OC[C@H]1OCc1ccccc1Cl. The van der Waals surface area contributed by atoms with Crippen molar-refractivity contribution in [3.8, 4) is 0 Å². The third kappa shape index (κ3) is 3.76. The van der Waals surface area contributed by atoms with E-state index in [0.717, 1.165) is 5.56 Å². The highest BCUT2D eigenvalue weighted by atomic mass is 35.5. The van der Waals surface area contributed by atoms with Crippen LogP contribution in [0.2, 0.25) is 5.02 Å². The molecule has 0 aromatic heterocycles. The Hall–Kier alpha value is -0.940. The van der Waals surface area contributed by atoms with Crippen LogP contribution in [0.1, 0.15) is 19.4 Å². The van der Waals surface area contributed by atoms with Crippen molar-refractivity contribution in [3.05, 3.63) is 34.9 Å². The van der Waals surface area contributed by atoms with E-state index in [-0.39, 0.29) is 12.1 Å². The van der Waals surface area contributed by atoms with Gasteiger partial charge in [0.15, 0.2) is 12.1 Å². The monoisotopic (exact) mass is 284 g/mol. The lowest BCUT2D eigenvalue weighted by molar-refractivity contribution is -0.249. The zero-order valence-corrected chi connectivity index (χ0v) is 11.7. The minimum atomic E-state index is -0.578. The van der Waals surface area contributed by atoms with E-state index >= 15 is 0 Å². The van der Waals surface area contributed by atoms with E-state index in [1.54, 1.807) is 13.0 Å². The Morgan fingerprint density at radius 2 is 2.21 bits per heavy atom. The molecule has 0 radical (unpaired) electrons. The highest BCUT2D eigenvalue weighted by Crippen LogP contribution is 2.21. The summed E-state index contributed by atoms with van der Waals surface area (Å²) in [6.07, 6.45) is -1.36. The smallest absolute Gasteiger partial charge is 0.161 e. The molecule has 0 unspecified atom stereocenters. The Kier molecular flexibility index (Phi) is 4.93. The fourth-order valence-corrected chi connectivity index (χ4v) is 2.15. The minimum absolute atomic E-state index is 0.0562. The van der Waals surface area contributed by atoms with Gasteiger partial charge in [0.1, 0.15) is 12.2 Å². The number of benzene rings is 1. The van der Waals surface area contributed by atoms with Crippen LogP contribution in [0.3, 0.4) is 0 Å². The van der Waals surface area contributed by atoms with Crippen molar-refractivity contribution in [1.29, 1.82) is 0 Å². The summed E-state index contributed by atoms with van der Waals surface area (Å²) in [4.78, 5) is 11.5. The fourth-order valence-electron chi connectivity index (χ4n) is 1.96. The largest absolute Gasteiger partial charge is 0.368 e. The molecule has 1 aromatic carbocycles. The first kappa shape index (κ1) is 14.5. The van der Waals surface area contributed by atoms with Crippen molar-refractivity contribution in [2.75, 3.05) is 6.61 Å². The van der Waals surface area contributed by atoms with Crippen molar-refractivity contribution < 1.29 is 19.0 Å². The summed E-state index contributed by atoms with van der Waals surface area (Å²) in [5.41, 5.74) is 0.880. The van der Waals surface area contributed by atoms with Gasteiger partial charge in [-0.2, -0.15) is 0 Å². The molecule has 19 heavy (non-hydrogen) atoms. The van der Waals surface area contributed by atoms with Crippen LogP contribution in [0.25, 0.3) is 0 Å². The molecule has 1 fully saturated rings. The predicted octanol–water partition coefficient (Wildman–Crippen LogP) is 2.58. The first-order valence-corrected chi connectivity index (χ1v) is 6.58. The first-order valence-electron chi connectivity index (χ1n) is 6.20. The summed E-state index contributed by atoms with van der Waals surface area (Å²) in [7, 11) is 0. The molecule has 0 amide bonds. The molecule has 104 valence electrons. The molecular weight excluding hydrogens is 268 g/mol. The summed E-state index contributed by atoms with van der Waals surface area (Å²) in [6.45, 7) is 3.93. The number of rotatable bonds is 4. The zero-order chi connectivity index (χ0) is 13.8. The topological polar surface area (TPSA) is 44.8 Å². The van der Waals surface area contributed by atoms with Crippen LogP contribution in [-0.2, 0) is 25.6 Å². The first-order chi connectivity index (χ1) is 9.08. The number of halogens is 1. The lowest BCUT2D eigenvalue weighted by Crippen LogP contribution is -2.47. The van der Waals surface area contributed by atoms with Crippen molar-refractivity contribution in [2.45, 2.75) is 39.0 Å². The molecule has 0 saturated carbocycles. The maximum absolute atomic E-state index is 11.5. The molecule has 0 spiro atoms. The number of Topliss-reactive ketones (excluding diaryl/α,β-unsaturated/α-hetero) is 1. The Balaban J connectivity index is 1.98. The molecule has 1 heterocycles. The maximum atomic E-state index is 11.5. The van der Waals surface area contributed by atoms with Crippen molar-refractivity contribution in [1.82, 2.24) is 0 Å². The molecule has 3 atom stereocenters. The summed E-state index contributed by atoms with van der Waals surface area (Å²) < 4.78 is 16.5. The van der Waals surface area contributed by atoms with Crippen molar-refractivity contribution in [2.24, 2.45) is 0 Å². The van der Waals surface area contributed by atoms with Crippen LogP contribution in [0.4, 0.5) is 0 Å². The molecule has 1 aromatic rings. The van der Waals surface area contributed by atoms with E-state index in [4.69, 9.17) is 25.8 Å². The molecule has 1 aliphatic rings. The van der Waals surface area contributed by atoms with E-state index in [2.05, 4.69) is 0 Å². The molecule has 2 rings (SSSR count). The van der Waals surface area contributed by atoms with Crippen molar-refractivity contribution >= 4 is 17.4 Å². The highest BCUT2D eigenvalue weighted by molar-refractivity contribution is 6.31. The number of ketones is 1. The number of carbonyl (C=O) groups excluding carboxylic acids is 1. The minimum Gasteiger partial charge on any atom is -0.368 e. The Morgan fingerprint density at radius 3 is 2.89 bits per heavy atom. The molecule has 4 nitrogen and oxygen atoms in total. The number of hydrogen-bond acceptors (Lipinski definition) is 4. The normalized spacial score (nSPS) is 27.2. The lowest BCUT2D eigenvalue weighted by Gasteiger charge is -2.33.